The van der Waals surface area contributed by atoms with E-state index in [1.165, 1.54) is 11.1 Å². The van der Waals surface area contributed by atoms with E-state index in [1.54, 1.807) is 18.5 Å². The van der Waals surface area contributed by atoms with Crippen LogP contribution in [0.2, 0.25) is 0 Å². The molecule has 2 aliphatic heterocycles. The third-order valence-corrected chi connectivity index (χ3v) is 8.33. The summed E-state index contributed by atoms with van der Waals surface area (Å²) in [6, 6.07) is 19.4. The third kappa shape index (κ3) is 4.22. The van der Waals surface area contributed by atoms with Crippen LogP contribution in [0.1, 0.15) is 47.3 Å². The predicted octanol–water partition coefficient (Wildman–Crippen LogP) is 6.56. The highest BCUT2D eigenvalue weighted by molar-refractivity contribution is 5.97. The monoisotopic (exact) mass is 531 g/mol. The summed E-state index contributed by atoms with van der Waals surface area (Å²) in [5.41, 5.74) is 7.20. The van der Waals surface area contributed by atoms with Crippen LogP contribution in [0.4, 0.5) is 10.1 Å². The van der Waals surface area contributed by atoms with E-state index < -0.39 is 0 Å². The van der Waals surface area contributed by atoms with Gasteiger partial charge in [-0.2, -0.15) is 0 Å². The lowest BCUT2D eigenvalue weighted by Crippen LogP contribution is -2.38. The zero-order valence-electron chi connectivity index (χ0n) is 22.4. The molecule has 1 saturated heterocycles. The van der Waals surface area contributed by atoms with Crippen molar-refractivity contribution in [3.8, 4) is 22.4 Å². The molecule has 5 aromatic rings. The van der Waals surface area contributed by atoms with Crippen LogP contribution in [-0.4, -0.2) is 44.8 Å². The third-order valence-electron chi connectivity index (χ3n) is 8.33. The van der Waals surface area contributed by atoms with Crippen LogP contribution in [0.5, 0.6) is 0 Å². The number of benzene rings is 2. The molecule has 1 amide bonds. The Bertz CT molecular complexity index is 1720. The van der Waals surface area contributed by atoms with E-state index in [0.717, 1.165) is 49.2 Å². The molecule has 0 spiro atoms. The second kappa shape index (κ2) is 9.90. The Kier molecular flexibility index (Phi) is 6.07. The van der Waals surface area contributed by atoms with Gasteiger partial charge in [-0.15, -0.1) is 0 Å². The molecule has 0 N–H and O–H groups in total. The first-order valence-corrected chi connectivity index (χ1v) is 13.9. The average molecular weight is 532 g/mol. The van der Waals surface area contributed by atoms with Gasteiger partial charge < -0.3 is 14.2 Å². The van der Waals surface area contributed by atoms with Crippen LogP contribution in [-0.2, 0) is 6.42 Å². The molecular weight excluding hydrogens is 501 g/mol. The SMILES string of the molecule is CC1c2ccccc2CCN1C(=O)c1cc(-c2cccnc2)c2nc(-c3ccc(N4CCCC4)cc3F)cn2c1. The zero-order chi connectivity index (χ0) is 27.2. The Labute approximate surface area is 232 Å². The van der Waals surface area contributed by atoms with Crippen LogP contribution in [0.25, 0.3) is 28.0 Å². The van der Waals surface area contributed by atoms with Crippen molar-refractivity contribution >= 4 is 17.2 Å². The number of pyridine rings is 2. The number of rotatable bonds is 4. The molecule has 2 aliphatic rings. The molecule has 0 aliphatic carbocycles. The Hall–Kier alpha value is -4.52. The van der Waals surface area contributed by atoms with E-state index in [9.17, 15) is 4.79 Å². The van der Waals surface area contributed by atoms with Gasteiger partial charge in [0.2, 0.25) is 0 Å². The molecule has 1 fully saturated rings. The molecule has 0 radical (unpaired) electrons. The number of nitrogens with zero attached hydrogens (tertiary/aromatic N) is 5. The van der Waals surface area contributed by atoms with Crippen LogP contribution in [0, 0.1) is 5.82 Å². The van der Waals surface area contributed by atoms with Crippen LogP contribution in [0.15, 0.2) is 85.5 Å². The van der Waals surface area contributed by atoms with Gasteiger partial charge >= 0.3 is 0 Å². The number of hydrogen-bond donors (Lipinski definition) is 0. The topological polar surface area (TPSA) is 53.7 Å². The molecule has 3 aromatic heterocycles. The Morgan fingerprint density at radius 2 is 1.80 bits per heavy atom. The molecular formula is C33H30FN5O. The number of hydrogen-bond acceptors (Lipinski definition) is 4. The second-order valence-corrected chi connectivity index (χ2v) is 10.7. The van der Waals surface area contributed by atoms with Crippen molar-refractivity contribution in [2.75, 3.05) is 24.5 Å². The number of halogens is 1. The van der Waals surface area contributed by atoms with E-state index in [1.807, 2.05) is 58.1 Å². The lowest BCUT2D eigenvalue weighted by atomic mass is 9.93. The number of aromatic nitrogens is 3. The maximum atomic E-state index is 15.4. The molecule has 0 bridgehead atoms. The lowest BCUT2D eigenvalue weighted by Gasteiger charge is -2.35. The number of carbonyl (C=O) groups is 1. The van der Waals surface area contributed by atoms with Gasteiger partial charge in [-0.3, -0.25) is 9.78 Å². The first-order valence-electron chi connectivity index (χ1n) is 13.9. The van der Waals surface area contributed by atoms with Crippen molar-refractivity contribution in [2.24, 2.45) is 0 Å². The molecule has 200 valence electrons. The maximum absolute atomic E-state index is 15.4. The average Bonchev–Trinajstić information content (AvgIpc) is 3.68. The van der Waals surface area contributed by atoms with Gasteiger partial charge in [-0.25, -0.2) is 9.37 Å². The highest BCUT2D eigenvalue weighted by atomic mass is 19.1. The first-order chi connectivity index (χ1) is 19.6. The fraction of sp³-hybridized carbons (Fsp3) is 0.242. The number of fused-ring (bicyclic) bond motifs is 2. The quantitative estimate of drug-likeness (QED) is 0.264. The molecule has 1 unspecified atom stereocenters. The summed E-state index contributed by atoms with van der Waals surface area (Å²) in [7, 11) is 0. The maximum Gasteiger partial charge on any atom is 0.255 e. The standard InChI is InChI=1S/C33H30FN5O/c1-22-27-9-3-2-7-23(27)12-16-39(22)33(40)25-17-29(24-8-6-13-35-19-24)32-36-31(21-38(32)20-25)28-11-10-26(18-30(28)34)37-14-4-5-15-37/h2-3,6-11,13,17-22H,4-5,12,14-16H2,1H3. The van der Waals surface area contributed by atoms with Gasteiger partial charge in [-0.05, 0) is 67.6 Å². The van der Waals surface area contributed by atoms with Crippen molar-refractivity contribution in [1.29, 1.82) is 0 Å². The van der Waals surface area contributed by atoms with E-state index in [4.69, 9.17) is 4.98 Å². The van der Waals surface area contributed by atoms with E-state index in [0.29, 0.717) is 29.0 Å². The van der Waals surface area contributed by atoms with Gasteiger partial charge in [0.05, 0.1) is 17.3 Å². The van der Waals surface area contributed by atoms with Crippen molar-refractivity contribution in [2.45, 2.75) is 32.2 Å². The molecule has 1 atom stereocenters. The highest BCUT2D eigenvalue weighted by Crippen LogP contribution is 2.34. The lowest BCUT2D eigenvalue weighted by molar-refractivity contribution is 0.0677. The molecule has 0 saturated carbocycles. The molecule has 7 rings (SSSR count). The minimum Gasteiger partial charge on any atom is -0.371 e. The molecule has 40 heavy (non-hydrogen) atoms. The summed E-state index contributed by atoms with van der Waals surface area (Å²) in [6.45, 7) is 4.65. The van der Waals surface area contributed by atoms with Gasteiger partial charge in [-0.1, -0.05) is 30.3 Å². The van der Waals surface area contributed by atoms with Gasteiger partial charge in [0, 0.05) is 66.8 Å². The Morgan fingerprint density at radius 1 is 0.950 bits per heavy atom. The molecule has 2 aromatic carbocycles. The highest BCUT2D eigenvalue weighted by Gasteiger charge is 2.29. The van der Waals surface area contributed by atoms with Gasteiger partial charge in [0.25, 0.3) is 5.91 Å². The number of carbonyl (C=O) groups excluding carboxylic acids is 1. The fourth-order valence-corrected chi connectivity index (χ4v) is 6.18. The first kappa shape index (κ1) is 24.5. The summed E-state index contributed by atoms with van der Waals surface area (Å²) in [4.78, 5) is 27.3. The summed E-state index contributed by atoms with van der Waals surface area (Å²) < 4.78 is 17.3. The Morgan fingerprint density at radius 3 is 2.60 bits per heavy atom. The summed E-state index contributed by atoms with van der Waals surface area (Å²) in [5.74, 6) is -0.335. The number of amides is 1. The molecule has 5 heterocycles. The normalized spacial score (nSPS) is 16.9. The van der Waals surface area contributed by atoms with Crippen molar-refractivity contribution in [3.05, 3.63) is 108 Å². The van der Waals surface area contributed by atoms with Crippen LogP contribution < -0.4 is 4.90 Å². The summed E-state index contributed by atoms with van der Waals surface area (Å²) >= 11 is 0. The van der Waals surface area contributed by atoms with E-state index in [-0.39, 0.29) is 17.8 Å². The van der Waals surface area contributed by atoms with Gasteiger partial charge in [0.15, 0.2) is 0 Å². The van der Waals surface area contributed by atoms with E-state index in [2.05, 4.69) is 35.0 Å². The second-order valence-electron chi connectivity index (χ2n) is 10.7. The summed E-state index contributed by atoms with van der Waals surface area (Å²) in [5, 5.41) is 0. The van der Waals surface area contributed by atoms with Crippen molar-refractivity contribution in [3.63, 3.8) is 0 Å². The zero-order valence-corrected chi connectivity index (χ0v) is 22.4. The molecule has 6 nitrogen and oxygen atoms in total. The summed E-state index contributed by atoms with van der Waals surface area (Å²) in [6.07, 6.45) is 10.2. The van der Waals surface area contributed by atoms with Gasteiger partial charge in [0.1, 0.15) is 11.5 Å². The minimum atomic E-state index is -0.298. The Balaban J connectivity index is 1.30. The van der Waals surface area contributed by atoms with Crippen LogP contribution >= 0.6 is 0 Å². The largest absolute Gasteiger partial charge is 0.371 e. The van der Waals surface area contributed by atoms with Crippen LogP contribution in [0.3, 0.4) is 0 Å². The van der Waals surface area contributed by atoms with Crippen molar-refractivity contribution < 1.29 is 9.18 Å². The predicted molar refractivity (Wildman–Crippen MR) is 155 cm³/mol. The number of imidazole rings is 1. The van der Waals surface area contributed by atoms with Crippen molar-refractivity contribution in [1.82, 2.24) is 19.3 Å². The van der Waals surface area contributed by atoms with E-state index >= 15 is 4.39 Å². The smallest absolute Gasteiger partial charge is 0.255 e. The molecule has 7 heteroatoms. The fourth-order valence-electron chi connectivity index (χ4n) is 6.18. The number of anilines is 1. The minimum absolute atomic E-state index is 0.0310.